The molecule has 1 aliphatic heterocycles. The topological polar surface area (TPSA) is 43.9 Å². The van der Waals surface area contributed by atoms with Crippen LogP contribution in [0.3, 0.4) is 0 Å². The first-order valence-corrected chi connectivity index (χ1v) is 4.30. The molecule has 0 unspecified atom stereocenters. The standard InChI is InChI=1S/C8H15N3O2/c1-9(2)8(13)11-5-3-10(7-12)4-6-11/h7H,3-6H2,1-2H3. The number of hydrogen-bond donors (Lipinski definition) is 0. The molecule has 13 heavy (non-hydrogen) atoms. The molecule has 0 radical (unpaired) electrons. The van der Waals surface area contributed by atoms with Gasteiger partial charge in [0, 0.05) is 40.3 Å². The highest BCUT2D eigenvalue weighted by Gasteiger charge is 2.20. The number of nitrogens with zero attached hydrogens (tertiary/aromatic N) is 3. The molecule has 3 amide bonds. The number of carbonyl (C=O) groups is 2. The molecule has 0 aromatic heterocycles. The third-order valence-corrected chi connectivity index (χ3v) is 2.12. The highest BCUT2D eigenvalue weighted by atomic mass is 16.2. The zero-order chi connectivity index (χ0) is 9.84. The van der Waals surface area contributed by atoms with Gasteiger partial charge >= 0.3 is 6.03 Å². The van der Waals surface area contributed by atoms with E-state index in [2.05, 4.69) is 0 Å². The number of carbonyl (C=O) groups excluding carboxylic acids is 2. The first-order valence-electron chi connectivity index (χ1n) is 4.30. The Bertz CT molecular complexity index is 198. The molecule has 1 fully saturated rings. The van der Waals surface area contributed by atoms with E-state index in [-0.39, 0.29) is 6.03 Å². The second kappa shape index (κ2) is 4.11. The van der Waals surface area contributed by atoms with Gasteiger partial charge in [-0.15, -0.1) is 0 Å². The molecule has 1 aliphatic rings. The normalized spacial score (nSPS) is 17.1. The second-order valence-electron chi connectivity index (χ2n) is 3.31. The van der Waals surface area contributed by atoms with Gasteiger partial charge in [-0.05, 0) is 0 Å². The number of rotatable bonds is 1. The Morgan fingerprint density at radius 1 is 1.23 bits per heavy atom. The largest absolute Gasteiger partial charge is 0.342 e. The fraction of sp³-hybridized carbons (Fsp3) is 0.750. The summed E-state index contributed by atoms with van der Waals surface area (Å²) in [5.74, 6) is 0. The van der Waals surface area contributed by atoms with Crippen molar-refractivity contribution >= 4 is 12.4 Å². The molecule has 0 aromatic rings. The van der Waals surface area contributed by atoms with Crippen molar-refractivity contribution in [2.24, 2.45) is 0 Å². The van der Waals surface area contributed by atoms with E-state index in [1.54, 1.807) is 28.8 Å². The Morgan fingerprint density at radius 2 is 1.77 bits per heavy atom. The van der Waals surface area contributed by atoms with Crippen molar-refractivity contribution in [1.29, 1.82) is 0 Å². The average Bonchev–Trinajstić information content (AvgIpc) is 2.17. The van der Waals surface area contributed by atoms with Gasteiger partial charge in [-0.2, -0.15) is 0 Å². The van der Waals surface area contributed by atoms with Crippen molar-refractivity contribution in [2.75, 3.05) is 40.3 Å². The Hall–Kier alpha value is -1.26. The minimum Gasteiger partial charge on any atom is -0.342 e. The minimum atomic E-state index is 0.0190. The SMILES string of the molecule is CN(C)C(=O)N1CCN(C=O)CC1. The lowest BCUT2D eigenvalue weighted by atomic mass is 10.3. The summed E-state index contributed by atoms with van der Waals surface area (Å²) in [5.41, 5.74) is 0. The molecule has 1 saturated heterocycles. The van der Waals surface area contributed by atoms with Crippen molar-refractivity contribution in [1.82, 2.24) is 14.7 Å². The molecule has 0 aliphatic carbocycles. The molecule has 0 N–H and O–H groups in total. The fourth-order valence-corrected chi connectivity index (χ4v) is 1.30. The van der Waals surface area contributed by atoms with E-state index < -0.39 is 0 Å². The van der Waals surface area contributed by atoms with Gasteiger partial charge in [-0.1, -0.05) is 0 Å². The summed E-state index contributed by atoms with van der Waals surface area (Å²) in [5, 5.41) is 0. The molecule has 1 rings (SSSR count). The van der Waals surface area contributed by atoms with Crippen molar-refractivity contribution in [3.05, 3.63) is 0 Å². The zero-order valence-electron chi connectivity index (χ0n) is 8.06. The van der Waals surface area contributed by atoms with Gasteiger partial charge < -0.3 is 14.7 Å². The molecule has 5 heteroatoms. The Labute approximate surface area is 77.9 Å². The smallest absolute Gasteiger partial charge is 0.319 e. The van der Waals surface area contributed by atoms with Crippen LogP contribution in [0.5, 0.6) is 0 Å². The third kappa shape index (κ3) is 2.34. The van der Waals surface area contributed by atoms with E-state index in [9.17, 15) is 9.59 Å². The third-order valence-electron chi connectivity index (χ3n) is 2.12. The highest BCUT2D eigenvalue weighted by Crippen LogP contribution is 2.01. The molecule has 5 nitrogen and oxygen atoms in total. The minimum absolute atomic E-state index is 0.0190. The summed E-state index contributed by atoms with van der Waals surface area (Å²) in [6.45, 7) is 2.55. The molecular formula is C8H15N3O2. The van der Waals surface area contributed by atoms with Crippen LogP contribution in [0.4, 0.5) is 4.79 Å². The van der Waals surface area contributed by atoms with Crippen LogP contribution in [0.2, 0.25) is 0 Å². The molecule has 74 valence electrons. The van der Waals surface area contributed by atoms with Crippen LogP contribution in [-0.2, 0) is 4.79 Å². The lowest BCUT2D eigenvalue weighted by Crippen LogP contribution is -2.50. The van der Waals surface area contributed by atoms with Gasteiger partial charge in [0.25, 0.3) is 0 Å². The summed E-state index contributed by atoms with van der Waals surface area (Å²) in [4.78, 5) is 26.8. The Kier molecular flexibility index (Phi) is 3.11. The summed E-state index contributed by atoms with van der Waals surface area (Å²) in [7, 11) is 3.46. The number of piperazine rings is 1. The van der Waals surface area contributed by atoms with Crippen LogP contribution >= 0.6 is 0 Å². The maximum Gasteiger partial charge on any atom is 0.319 e. The summed E-state index contributed by atoms with van der Waals surface area (Å²) < 4.78 is 0. The Balaban J connectivity index is 2.40. The Morgan fingerprint density at radius 3 is 2.15 bits per heavy atom. The fourth-order valence-electron chi connectivity index (χ4n) is 1.30. The molecule has 0 spiro atoms. The summed E-state index contributed by atoms with van der Waals surface area (Å²) in [6, 6.07) is 0.0190. The number of urea groups is 1. The molecule has 0 atom stereocenters. The van der Waals surface area contributed by atoms with Gasteiger partial charge in [0.15, 0.2) is 0 Å². The van der Waals surface area contributed by atoms with Crippen LogP contribution < -0.4 is 0 Å². The lowest BCUT2D eigenvalue weighted by Gasteiger charge is -2.33. The van der Waals surface area contributed by atoms with Gasteiger partial charge in [0.1, 0.15) is 0 Å². The van der Waals surface area contributed by atoms with E-state index >= 15 is 0 Å². The molecule has 0 aromatic carbocycles. The predicted octanol–water partition coefficient (Wildman–Crippen LogP) is -0.558. The van der Waals surface area contributed by atoms with E-state index in [4.69, 9.17) is 0 Å². The van der Waals surface area contributed by atoms with Gasteiger partial charge in [0.2, 0.25) is 6.41 Å². The first kappa shape index (κ1) is 9.83. The summed E-state index contributed by atoms with van der Waals surface area (Å²) in [6.07, 6.45) is 0.831. The lowest BCUT2D eigenvalue weighted by molar-refractivity contribution is -0.119. The van der Waals surface area contributed by atoms with Crippen LogP contribution in [0.1, 0.15) is 0 Å². The monoisotopic (exact) mass is 185 g/mol. The van der Waals surface area contributed by atoms with Crippen molar-refractivity contribution in [3.8, 4) is 0 Å². The number of amides is 3. The van der Waals surface area contributed by atoms with Gasteiger partial charge in [0.05, 0.1) is 0 Å². The molecule has 0 bridgehead atoms. The molecule has 1 heterocycles. The van der Waals surface area contributed by atoms with Crippen LogP contribution in [0, 0.1) is 0 Å². The van der Waals surface area contributed by atoms with Crippen LogP contribution in [0.15, 0.2) is 0 Å². The quantitative estimate of drug-likeness (QED) is 0.514. The van der Waals surface area contributed by atoms with E-state index in [1.165, 1.54) is 0 Å². The second-order valence-corrected chi connectivity index (χ2v) is 3.31. The number of hydrogen-bond acceptors (Lipinski definition) is 2. The maximum atomic E-state index is 11.4. The van der Waals surface area contributed by atoms with Gasteiger partial charge in [-0.25, -0.2) is 4.79 Å². The highest BCUT2D eigenvalue weighted by molar-refractivity contribution is 5.74. The van der Waals surface area contributed by atoms with Crippen molar-refractivity contribution in [2.45, 2.75) is 0 Å². The van der Waals surface area contributed by atoms with Crippen molar-refractivity contribution in [3.63, 3.8) is 0 Å². The van der Waals surface area contributed by atoms with E-state index in [0.717, 1.165) is 6.41 Å². The molecule has 0 saturated carbocycles. The first-order chi connectivity index (χ1) is 6.15. The van der Waals surface area contributed by atoms with Crippen LogP contribution in [0.25, 0.3) is 0 Å². The molecular weight excluding hydrogens is 170 g/mol. The zero-order valence-corrected chi connectivity index (χ0v) is 8.06. The van der Waals surface area contributed by atoms with Gasteiger partial charge in [-0.3, -0.25) is 4.79 Å². The average molecular weight is 185 g/mol. The maximum absolute atomic E-state index is 11.4. The summed E-state index contributed by atoms with van der Waals surface area (Å²) >= 11 is 0. The van der Waals surface area contributed by atoms with Crippen LogP contribution in [-0.4, -0.2) is 67.4 Å². The van der Waals surface area contributed by atoms with Crippen molar-refractivity contribution < 1.29 is 9.59 Å². The van der Waals surface area contributed by atoms with E-state index in [0.29, 0.717) is 26.2 Å². The predicted molar refractivity (Wildman–Crippen MR) is 48.3 cm³/mol. The van der Waals surface area contributed by atoms with E-state index in [1.807, 2.05) is 0 Å².